The summed E-state index contributed by atoms with van der Waals surface area (Å²) in [7, 11) is 0. The number of hydrogen-bond acceptors (Lipinski definition) is 3. The maximum atomic E-state index is 11.4. The van der Waals surface area contributed by atoms with E-state index in [1.165, 1.54) is 0 Å². The molecule has 6 heteroatoms. The van der Waals surface area contributed by atoms with Gasteiger partial charge >= 0.3 is 12.0 Å². The number of carboxylic acids is 1. The minimum Gasteiger partial charge on any atom is -0.479 e. The van der Waals surface area contributed by atoms with E-state index in [1.807, 2.05) is 0 Å². The van der Waals surface area contributed by atoms with E-state index in [4.69, 9.17) is 10.2 Å². The Labute approximate surface area is 114 Å². The number of amides is 2. The lowest BCUT2D eigenvalue weighted by Crippen LogP contribution is -2.39. The van der Waals surface area contributed by atoms with Crippen molar-refractivity contribution in [1.82, 2.24) is 10.6 Å². The van der Waals surface area contributed by atoms with Crippen LogP contribution in [0.25, 0.3) is 0 Å². The largest absolute Gasteiger partial charge is 0.479 e. The number of hydrogen-bond donors (Lipinski definition) is 4. The third kappa shape index (κ3) is 9.30. The third-order valence-corrected chi connectivity index (χ3v) is 3.08. The van der Waals surface area contributed by atoms with E-state index in [-0.39, 0.29) is 19.0 Å². The summed E-state index contributed by atoms with van der Waals surface area (Å²) in [4.78, 5) is 21.8. The Morgan fingerprint density at radius 1 is 1.16 bits per heavy atom. The van der Waals surface area contributed by atoms with E-state index in [1.54, 1.807) is 0 Å². The Bertz CT molecular complexity index is 271. The second-order valence-corrected chi connectivity index (χ2v) is 4.70. The van der Waals surface area contributed by atoms with Crippen LogP contribution in [0.4, 0.5) is 4.79 Å². The summed E-state index contributed by atoms with van der Waals surface area (Å²) in [5.41, 5.74) is 0. The predicted octanol–water partition coefficient (Wildman–Crippen LogP) is 1.34. The molecule has 1 unspecified atom stereocenters. The molecule has 0 aliphatic carbocycles. The summed E-state index contributed by atoms with van der Waals surface area (Å²) in [6, 6.07) is -0.312. The van der Waals surface area contributed by atoms with Crippen molar-refractivity contribution in [3.63, 3.8) is 0 Å². The van der Waals surface area contributed by atoms with Gasteiger partial charge in [-0.05, 0) is 12.3 Å². The minimum atomic E-state index is -1.42. The van der Waals surface area contributed by atoms with Crippen LogP contribution in [0.15, 0.2) is 0 Å². The molecule has 0 saturated heterocycles. The average molecular weight is 274 g/mol. The van der Waals surface area contributed by atoms with Crippen molar-refractivity contribution < 1.29 is 19.8 Å². The summed E-state index contributed by atoms with van der Waals surface area (Å²) >= 11 is 0. The minimum absolute atomic E-state index is 0.00972. The van der Waals surface area contributed by atoms with Gasteiger partial charge in [-0.1, -0.05) is 33.1 Å². The molecule has 4 N–H and O–H groups in total. The van der Waals surface area contributed by atoms with E-state index in [2.05, 4.69) is 24.5 Å². The highest BCUT2D eigenvalue weighted by Gasteiger charge is 2.13. The van der Waals surface area contributed by atoms with E-state index in [0.717, 1.165) is 25.7 Å². The average Bonchev–Trinajstić information content (AvgIpc) is 2.38. The number of carboxylic acid groups (broad SMARTS) is 1. The van der Waals surface area contributed by atoms with Gasteiger partial charge in [0.2, 0.25) is 0 Å². The number of aliphatic hydroxyl groups is 1. The van der Waals surface area contributed by atoms with Crippen molar-refractivity contribution >= 4 is 12.0 Å². The molecule has 0 saturated carbocycles. The van der Waals surface area contributed by atoms with Crippen LogP contribution in [0.2, 0.25) is 0 Å². The number of carbonyl (C=O) groups is 2. The Balaban J connectivity index is 3.70. The number of aliphatic hydroxyl groups excluding tert-OH is 1. The molecule has 0 radical (unpaired) electrons. The topological polar surface area (TPSA) is 98.7 Å². The number of carbonyl (C=O) groups excluding carboxylic acids is 1. The first-order chi connectivity index (χ1) is 9.01. The van der Waals surface area contributed by atoms with Gasteiger partial charge in [-0.3, -0.25) is 0 Å². The molecule has 0 rings (SSSR count). The van der Waals surface area contributed by atoms with Gasteiger partial charge in [-0.15, -0.1) is 0 Å². The Hall–Kier alpha value is -1.30. The summed E-state index contributed by atoms with van der Waals surface area (Å²) in [6.07, 6.45) is 3.02. The lowest BCUT2D eigenvalue weighted by Gasteiger charge is -2.15. The van der Waals surface area contributed by atoms with Crippen LogP contribution >= 0.6 is 0 Å². The van der Waals surface area contributed by atoms with Gasteiger partial charge in [-0.2, -0.15) is 0 Å². The smallest absolute Gasteiger partial charge is 0.332 e. The highest BCUT2D eigenvalue weighted by Crippen LogP contribution is 2.10. The van der Waals surface area contributed by atoms with E-state index < -0.39 is 12.1 Å². The van der Waals surface area contributed by atoms with Crippen LogP contribution < -0.4 is 10.6 Å². The number of nitrogens with one attached hydrogen (secondary N) is 2. The molecule has 19 heavy (non-hydrogen) atoms. The second kappa shape index (κ2) is 10.6. The van der Waals surface area contributed by atoms with Gasteiger partial charge in [-0.25, -0.2) is 9.59 Å². The molecule has 0 aromatic heterocycles. The molecule has 112 valence electrons. The van der Waals surface area contributed by atoms with Crippen LogP contribution in [0.1, 0.15) is 46.0 Å². The molecule has 0 aliphatic rings. The molecule has 0 spiro atoms. The molecule has 0 aromatic carbocycles. The lowest BCUT2D eigenvalue weighted by molar-refractivity contribution is -0.146. The summed E-state index contributed by atoms with van der Waals surface area (Å²) < 4.78 is 0. The van der Waals surface area contributed by atoms with Crippen LogP contribution in [-0.4, -0.2) is 41.4 Å². The lowest BCUT2D eigenvalue weighted by atomic mass is 9.99. The van der Waals surface area contributed by atoms with Gasteiger partial charge in [0.1, 0.15) is 0 Å². The highest BCUT2D eigenvalue weighted by atomic mass is 16.4. The number of aliphatic carboxylic acids is 1. The van der Waals surface area contributed by atoms with E-state index in [0.29, 0.717) is 12.5 Å². The van der Waals surface area contributed by atoms with Crippen molar-refractivity contribution in [3.05, 3.63) is 0 Å². The first-order valence-electron chi connectivity index (χ1n) is 6.93. The van der Waals surface area contributed by atoms with E-state index in [9.17, 15) is 9.59 Å². The first-order valence-corrected chi connectivity index (χ1v) is 6.93. The molecule has 0 fully saturated rings. The first kappa shape index (κ1) is 17.7. The Kier molecular flexibility index (Phi) is 9.88. The number of rotatable bonds is 10. The zero-order valence-corrected chi connectivity index (χ0v) is 11.8. The zero-order chi connectivity index (χ0) is 14.7. The molecule has 0 heterocycles. The highest BCUT2D eigenvalue weighted by molar-refractivity contribution is 5.74. The SMILES string of the molecule is CCCCC(CC)CNC(=O)NCC[C@H](O)C(=O)O. The fourth-order valence-electron chi connectivity index (χ4n) is 1.69. The van der Waals surface area contributed by atoms with Crippen molar-refractivity contribution in [2.24, 2.45) is 5.92 Å². The van der Waals surface area contributed by atoms with Crippen LogP contribution in [-0.2, 0) is 4.79 Å². The summed E-state index contributed by atoms with van der Waals surface area (Å²) in [5.74, 6) is -0.789. The number of unbranched alkanes of at least 4 members (excludes halogenated alkanes) is 1. The van der Waals surface area contributed by atoms with Crippen molar-refractivity contribution in [3.8, 4) is 0 Å². The zero-order valence-electron chi connectivity index (χ0n) is 11.8. The summed E-state index contributed by atoms with van der Waals surface area (Å²) in [5, 5.41) is 22.8. The Morgan fingerprint density at radius 2 is 1.84 bits per heavy atom. The van der Waals surface area contributed by atoms with Crippen molar-refractivity contribution in [2.75, 3.05) is 13.1 Å². The fraction of sp³-hybridized carbons (Fsp3) is 0.846. The standard InChI is InChI=1S/C13H26N2O4/c1-3-5-6-10(4-2)9-15-13(19)14-8-7-11(16)12(17)18/h10-11,16H,3-9H2,1-2H3,(H,17,18)(H2,14,15,19)/t10?,11-/m0/s1. The molecular weight excluding hydrogens is 248 g/mol. The van der Waals surface area contributed by atoms with Gasteiger partial charge < -0.3 is 20.8 Å². The second-order valence-electron chi connectivity index (χ2n) is 4.70. The van der Waals surface area contributed by atoms with Crippen molar-refractivity contribution in [1.29, 1.82) is 0 Å². The van der Waals surface area contributed by atoms with Crippen LogP contribution in [0.3, 0.4) is 0 Å². The molecule has 2 atom stereocenters. The van der Waals surface area contributed by atoms with E-state index >= 15 is 0 Å². The van der Waals surface area contributed by atoms with Crippen LogP contribution in [0.5, 0.6) is 0 Å². The molecular formula is C13H26N2O4. The molecule has 2 amide bonds. The normalized spacial score (nSPS) is 13.6. The van der Waals surface area contributed by atoms with Gasteiger partial charge in [0.15, 0.2) is 6.10 Å². The molecule has 0 aromatic rings. The van der Waals surface area contributed by atoms with Crippen LogP contribution in [0, 0.1) is 5.92 Å². The predicted molar refractivity (Wildman–Crippen MR) is 73.0 cm³/mol. The summed E-state index contributed by atoms with van der Waals surface area (Å²) in [6.45, 7) is 5.01. The molecule has 0 bridgehead atoms. The maximum Gasteiger partial charge on any atom is 0.332 e. The maximum absolute atomic E-state index is 11.4. The van der Waals surface area contributed by atoms with Gasteiger partial charge in [0.25, 0.3) is 0 Å². The van der Waals surface area contributed by atoms with Crippen molar-refractivity contribution in [2.45, 2.75) is 52.1 Å². The van der Waals surface area contributed by atoms with Gasteiger partial charge in [0.05, 0.1) is 0 Å². The van der Waals surface area contributed by atoms with Gasteiger partial charge in [0, 0.05) is 19.5 Å². The fourth-order valence-corrected chi connectivity index (χ4v) is 1.69. The molecule has 6 nitrogen and oxygen atoms in total. The number of urea groups is 1. The quantitative estimate of drug-likeness (QED) is 0.483. The Morgan fingerprint density at radius 3 is 2.37 bits per heavy atom. The third-order valence-electron chi connectivity index (χ3n) is 3.08. The monoisotopic (exact) mass is 274 g/mol. The molecule has 0 aliphatic heterocycles.